The number of aromatic hydroxyl groups is 1. The Morgan fingerprint density at radius 2 is 1.41 bits per heavy atom. The van der Waals surface area contributed by atoms with E-state index < -0.39 is 0 Å². The number of allylic oxidation sites excluding steroid dienone is 1. The van der Waals surface area contributed by atoms with E-state index >= 15 is 0 Å². The molecule has 0 spiro atoms. The van der Waals surface area contributed by atoms with Gasteiger partial charge in [0.15, 0.2) is 0 Å². The smallest absolute Gasteiger partial charge is 0.127 e. The van der Waals surface area contributed by atoms with Gasteiger partial charge in [0.2, 0.25) is 0 Å². The molecule has 0 aromatic heterocycles. The van der Waals surface area contributed by atoms with Crippen molar-refractivity contribution in [2.24, 2.45) is 0 Å². The second-order valence-electron chi connectivity index (χ2n) is 9.07. The molecule has 3 rings (SSSR count). The molecule has 0 amide bonds. The third kappa shape index (κ3) is 4.93. The monoisotopic (exact) mass is 428 g/mol. The molecule has 0 radical (unpaired) electrons. The van der Waals surface area contributed by atoms with Crippen molar-refractivity contribution in [3.05, 3.63) is 82.4 Å². The van der Waals surface area contributed by atoms with Crippen LogP contribution in [0.3, 0.4) is 0 Å². The van der Waals surface area contributed by atoms with Crippen LogP contribution in [0.5, 0.6) is 5.75 Å². The summed E-state index contributed by atoms with van der Waals surface area (Å²) in [6.45, 7) is 13.5. The Bertz CT molecular complexity index is 1060. The Morgan fingerprint density at radius 1 is 0.750 bits per heavy atom. The number of aryl methyl sites for hydroxylation is 2. The minimum Gasteiger partial charge on any atom is -0.507 e. The molecule has 0 fully saturated rings. The summed E-state index contributed by atoms with van der Waals surface area (Å²) in [5.74, 6) is 0.502. The van der Waals surface area contributed by atoms with Crippen LogP contribution in [0.1, 0.15) is 93.2 Å². The van der Waals surface area contributed by atoms with Gasteiger partial charge in [0.05, 0.1) is 0 Å². The van der Waals surface area contributed by atoms with E-state index in [0.29, 0.717) is 5.75 Å². The second-order valence-corrected chi connectivity index (χ2v) is 9.07. The molecule has 0 saturated carbocycles. The van der Waals surface area contributed by atoms with E-state index in [9.17, 15) is 5.11 Å². The molecule has 3 aromatic carbocycles. The van der Waals surface area contributed by atoms with E-state index in [1.165, 1.54) is 38.8 Å². The molecule has 0 saturated heterocycles. The van der Waals surface area contributed by atoms with Gasteiger partial charge < -0.3 is 5.11 Å². The number of benzene rings is 3. The first-order valence-electron chi connectivity index (χ1n) is 12.6. The van der Waals surface area contributed by atoms with Gasteiger partial charge in [-0.2, -0.15) is 0 Å². The van der Waals surface area contributed by atoms with Crippen LogP contribution in [-0.2, 0) is 25.7 Å². The molecule has 0 aliphatic carbocycles. The third-order valence-corrected chi connectivity index (χ3v) is 6.52. The number of phenols is 1. The summed E-state index contributed by atoms with van der Waals surface area (Å²) in [6.07, 6.45) is 9.08. The predicted molar refractivity (Wildman–Crippen MR) is 141 cm³/mol. The lowest BCUT2D eigenvalue weighted by Crippen LogP contribution is -2.06. The highest BCUT2D eigenvalue weighted by Gasteiger charge is 2.23. The minimum atomic E-state index is 0.502. The lowest BCUT2D eigenvalue weighted by atomic mass is 9.81. The SMILES string of the molecule is C=C(CCC)c1c(CCC)c(Cc2ccccc2)c(O)c2c(CCC)c(CCC)ccc12. The van der Waals surface area contributed by atoms with Crippen LogP contribution in [0.2, 0.25) is 0 Å². The molecule has 1 heteroatoms. The van der Waals surface area contributed by atoms with Crippen molar-refractivity contribution in [2.75, 3.05) is 0 Å². The fourth-order valence-electron chi connectivity index (χ4n) is 5.16. The van der Waals surface area contributed by atoms with E-state index in [1.807, 2.05) is 0 Å². The van der Waals surface area contributed by atoms with E-state index in [0.717, 1.165) is 68.7 Å². The van der Waals surface area contributed by atoms with E-state index in [4.69, 9.17) is 0 Å². The van der Waals surface area contributed by atoms with Crippen molar-refractivity contribution in [2.45, 2.75) is 85.5 Å². The summed E-state index contributed by atoms with van der Waals surface area (Å²) in [5.41, 5.74) is 8.88. The standard InChI is InChI=1S/C31H40O/c1-6-13-22(5)29-26(16-9-4)28(21-23-17-11-10-12-18-23)31(32)30-25(15-8-3)24(14-7-2)19-20-27(29)30/h10-12,17-20,32H,5-9,13-16,21H2,1-4H3. The maximum atomic E-state index is 11.8. The van der Waals surface area contributed by atoms with Crippen LogP contribution in [0.4, 0.5) is 0 Å². The van der Waals surface area contributed by atoms with Gasteiger partial charge in [-0.3, -0.25) is 0 Å². The Kier molecular flexibility index (Phi) is 8.56. The fraction of sp³-hybridized carbons (Fsp3) is 0.419. The quantitative estimate of drug-likeness (QED) is 0.323. The highest BCUT2D eigenvalue weighted by molar-refractivity contribution is 6.02. The van der Waals surface area contributed by atoms with Crippen molar-refractivity contribution in [3.8, 4) is 5.75 Å². The normalized spacial score (nSPS) is 11.2. The zero-order chi connectivity index (χ0) is 23.1. The van der Waals surface area contributed by atoms with Gasteiger partial charge in [-0.25, -0.2) is 0 Å². The topological polar surface area (TPSA) is 20.2 Å². The van der Waals surface area contributed by atoms with Crippen LogP contribution >= 0.6 is 0 Å². The number of rotatable bonds is 11. The molecule has 0 unspecified atom stereocenters. The van der Waals surface area contributed by atoms with Crippen molar-refractivity contribution in [1.82, 2.24) is 0 Å². The van der Waals surface area contributed by atoms with Crippen LogP contribution in [-0.4, -0.2) is 5.11 Å². The Labute approximate surface area is 195 Å². The minimum absolute atomic E-state index is 0.502. The van der Waals surface area contributed by atoms with Gasteiger partial charge >= 0.3 is 0 Å². The lowest BCUT2D eigenvalue weighted by molar-refractivity contribution is 0.474. The highest BCUT2D eigenvalue weighted by atomic mass is 16.3. The van der Waals surface area contributed by atoms with Gasteiger partial charge in [-0.15, -0.1) is 0 Å². The average Bonchev–Trinajstić information content (AvgIpc) is 2.79. The summed E-state index contributed by atoms with van der Waals surface area (Å²) in [6, 6.07) is 15.1. The van der Waals surface area contributed by atoms with Gasteiger partial charge in [0.1, 0.15) is 5.75 Å². The van der Waals surface area contributed by atoms with Crippen LogP contribution in [0, 0.1) is 0 Å². The number of hydrogen-bond acceptors (Lipinski definition) is 1. The maximum Gasteiger partial charge on any atom is 0.127 e. The Hall–Kier alpha value is -2.54. The fourth-order valence-corrected chi connectivity index (χ4v) is 5.16. The number of phenolic OH excluding ortho intramolecular Hbond substituents is 1. The van der Waals surface area contributed by atoms with Crippen LogP contribution in [0.15, 0.2) is 49.0 Å². The number of hydrogen-bond donors (Lipinski definition) is 1. The summed E-state index contributed by atoms with van der Waals surface area (Å²) in [5, 5.41) is 14.1. The Morgan fingerprint density at radius 3 is 2.03 bits per heavy atom. The molecule has 0 heterocycles. The maximum absolute atomic E-state index is 11.8. The Balaban J connectivity index is 2.42. The molecular formula is C31H40O. The van der Waals surface area contributed by atoms with Crippen molar-refractivity contribution < 1.29 is 5.11 Å². The molecule has 0 aliphatic rings. The molecule has 0 atom stereocenters. The summed E-state index contributed by atoms with van der Waals surface area (Å²) in [7, 11) is 0. The first-order chi connectivity index (χ1) is 15.6. The van der Waals surface area contributed by atoms with Gasteiger partial charge in [0.25, 0.3) is 0 Å². The van der Waals surface area contributed by atoms with Crippen LogP contribution < -0.4 is 0 Å². The van der Waals surface area contributed by atoms with Crippen molar-refractivity contribution >= 4 is 16.3 Å². The second kappa shape index (κ2) is 11.4. The number of fused-ring (bicyclic) bond motifs is 1. The zero-order valence-electron chi connectivity index (χ0n) is 20.6. The first-order valence-corrected chi connectivity index (χ1v) is 12.6. The predicted octanol–water partition coefficient (Wildman–Crippen LogP) is 8.81. The molecule has 170 valence electrons. The molecule has 0 bridgehead atoms. The summed E-state index contributed by atoms with van der Waals surface area (Å²) < 4.78 is 0. The molecule has 0 aliphatic heterocycles. The van der Waals surface area contributed by atoms with Crippen molar-refractivity contribution in [1.29, 1.82) is 0 Å². The molecule has 1 nitrogen and oxygen atoms in total. The molecule has 3 aromatic rings. The van der Waals surface area contributed by atoms with Crippen molar-refractivity contribution in [3.63, 3.8) is 0 Å². The van der Waals surface area contributed by atoms with Crippen LogP contribution in [0.25, 0.3) is 16.3 Å². The summed E-state index contributed by atoms with van der Waals surface area (Å²) >= 11 is 0. The van der Waals surface area contributed by atoms with E-state index in [1.54, 1.807) is 0 Å². The lowest BCUT2D eigenvalue weighted by Gasteiger charge is -2.24. The largest absolute Gasteiger partial charge is 0.507 e. The zero-order valence-corrected chi connectivity index (χ0v) is 20.6. The first kappa shape index (κ1) is 24.1. The van der Waals surface area contributed by atoms with E-state index in [-0.39, 0.29) is 0 Å². The molecule has 1 N–H and O–H groups in total. The molecular weight excluding hydrogens is 388 g/mol. The average molecular weight is 429 g/mol. The van der Waals surface area contributed by atoms with Gasteiger partial charge in [0, 0.05) is 17.4 Å². The molecule has 32 heavy (non-hydrogen) atoms. The van der Waals surface area contributed by atoms with Gasteiger partial charge in [-0.1, -0.05) is 102 Å². The summed E-state index contributed by atoms with van der Waals surface area (Å²) in [4.78, 5) is 0. The third-order valence-electron chi connectivity index (χ3n) is 6.52. The highest BCUT2D eigenvalue weighted by Crippen LogP contribution is 2.43. The van der Waals surface area contributed by atoms with Gasteiger partial charge in [-0.05, 0) is 64.5 Å². The van der Waals surface area contributed by atoms with E-state index in [2.05, 4.69) is 76.7 Å².